The number of piperidine rings is 2. The maximum atomic E-state index is 13.5. The van der Waals surface area contributed by atoms with Crippen LogP contribution in [-0.2, 0) is 9.59 Å². The Kier molecular flexibility index (Phi) is 7.63. The van der Waals surface area contributed by atoms with Crippen molar-refractivity contribution in [2.24, 2.45) is 10.9 Å². The smallest absolute Gasteiger partial charge is 0.314 e. The fourth-order valence-electron chi connectivity index (χ4n) is 6.52. The minimum Gasteiger partial charge on any atom is -0.398 e. The Labute approximate surface area is 241 Å². The summed E-state index contributed by atoms with van der Waals surface area (Å²) in [6, 6.07) is 5.88. The molecule has 0 saturated carbocycles. The molecule has 0 bridgehead atoms. The Hall–Kier alpha value is -3.79. The summed E-state index contributed by atoms with van der Waals surface area (Å²) in [5, 5.41) is 10.3. The lowest BCUT2D eigenvalue weighted by Gasteiger charge is -2.52. The number of benzene rings is 1. The lowest BCUT2D eigenvalue weighted by molar-refractivity contribution is -0.146. The van der Waals surface area contributed by atoms with Crippen LogP contribution in [0.15, 0.2) is 41.8 Å². The van der Waals surface area contributed by atoms with Gasteiger partial charge in [-0.25, -0.2) is 0 Å². The van der Waals surface area contributed by atoms with Crippen molar-refractivity contribution in [3.8, 4) is 0 Å². The number of carbonyl (C=O) groups excluding carboxylic acids is 2. The lowest BCUT2D eigenvalue weighted by atomic mass is 9.78. The monoisotopic (exact) mass is 558 g/mol. The van der Waals surface area contributed by atoms with E-state index in [0.29, 0.717) is 23.4 Å². The SMILES string of the molecule is C[C@H]1CC[C@H](c2ccc(C=NC3CC(C)(C)N(C)C(C)(C)C3)c(N)c2)N(C(=O)C(=O)Nc2cncc3cn[nH]c23)C1. The second-order valence-corrected chi connectivity index (χ2v) is 13.0. The van der Waals surface area contributed by atoms with Gasteiger partial charge in [-0.1, -0.05) is 19.1 Å². The first-order chi connectivity index (χ1) is 19.4. The molecule has 2 atom stereocenters. The largest absolute Gasteiger partial charge is 0.398 e. The van der Waals surface area contributed by atoms with Crippen molar-refractivity contribution in [1.82, 2.24) is 25.0 Å². The van der Waals surface area contributed by atoms with Gasteiger partial charge in [-0.05, 0) is 78.0 Å². The number of hydrogen-bond acceptors (Lipinski definition) is 7. The number of amides is 2. The van der Waals surface area contributed by atoms with Gasteiger partial charge in [-0.2, -0.15) is 5.10 Å². The molecule has 10 nitrogen and oxygen atoms in total. The molecule has 2 aliphatic rings. The average Bonchev–Trinajstić information content (AvgIpc) is 3.40. The molecule has 3 aromatic rings. The molecule has 2 fully saturated rings. The Morgan fingerprint density at radius 1 is 1.12 bits per heavy atom. The van der Waals surface area contributed by atoms with Crippen LogP contribution < -0.4 is 11.1 Å². The van der Waals surface area contributed by atoms with Gasteiger partial charge in [0, 0.05) is 46.7 Å². The van der Waals surface area contributed by atoms with Crippen molar-refractivity contribution < 1.29 is 9.59 Å². The molecule has 0 unspecified atom stereocenters. The van der Waals surface area contributed by atoms with Crippen molar-refractivity contribution in [2.75, 3.05) is 24.6 Å². The van der Waals surface area contributed by atoms with E-state index in [1.54, 1.807) is 17.3 Å². The highest BCUT2D eigenvalue weighted by Crippen LogP contribution is 2.38. The number of nitrogen functional groups attached to an aromatic ring is 1. The highest BCUT2D eigenvalue weighted by Gasteiger charge is 2.43. The molecule has 10 heteroatoms. The number of likely N-dealkylation sites (tertiary alicyclic amines) is 2. The lowest BCUT2D eigenvalue weighted by Crippen LogP contribution is -2.59. The van der Waals surface area contributed by atoms with Crippen molar-refractivity contribution in [2.45, 2.75) is 83.5 Å². The van der Waals surface area contributed by atoms with E-state index in [-0.39, 0.29) is 29.1 Å². The van der Waals surface area contributed by atoms with Gasteiger partial charge in [0.15, 0.2) is 0 Å². The van der Waals surface area contributed by atoms with Crippen LogP contribution >= 0.6 is 0 Å². The predicted molar refractivity (Wildman–Crippen MR) is 163 cm³/mol. The van der Waals surface area contributed by atoms with E-state index in [1.807, 2.05) is 24.4 Å². The number of aliphatic imine (C=N–C) groups is 1. The van der Waals surface area contributed by atoms with Gasteiger partial charge in [0.25, 0.3) is 0 Å². The Morgan fingerprint density at radius 2 is 1.85 bits per heavy atom. The molecule has 4 N–H and O–H groups in total. The maximum Gasteiger partial charge on any atom is 0.314 e. The number of anilines is 2. The second-order valence-electron chi connectivity index (χ2n) is 13.0. The minimum absolute atomic E-state index is 0.0565. The first-order valence-corrected chi connectivity index (χ1v) is 14.4. The Bertz CT molecular complexity index is 1460. The van der Waals surface area contributed by atoms with Crippen LogP contribution in [0, 0.1) is 5.92 Å². The number of hydrogen-bond donors (Lipinski definition) is 3. The number of pyridine rings is 1. The minimum atomic E-state index is -0.700. The molecule has 41 heavy (non-hydrogen) atoms. The van der Waals surface area contributed by atoms with Crippen LogP contribution in [0.5, 0.6) is 0 Å². The zero-order valence-corrected chi connectivity index (χ0v) is 24.9. The normalized spacial score (nSPS) is 23.2. The zero-order chi connectivity index (χ0) is 29.5. The second kappa shape index (κ2) is 10.9. The third kappa shape index (κ3) is 5.84. The summed E-state index contributed by atoms with van der Waals surface area (Å²) in [5.41, 5.74) is 10.1. The van der Waals surface area contributed by atoms with Crippen molar-refractivity contribution in [3.05, 3.63) is 47.9 Å². The average molecular weight is 559 g/mol. The number of aromatic amines is 1. The van der Waals surface area contributed by atoms with E-state index in [4.69, 9.17) is 10.7 Å². The predicted octanol–water partition coefficient (Wildman–Crippen LogP) is 4.55. The van der Waals surface area contributed by atoms with Crippen molar-refractivity contribution in [1.29, 1.82) is 0 Å². The Morgan fingerprint density at radius 3 is 2.56 bits per heavy atom. The van der Waals surface area contributed by atoms with E-state index < -0.39 is 11.8 Å². The summed E-state index contributed by atoms with van der Waals surface area (Å²) in [7, 11) is 2.19. The first-order valence-electron chi connectivity index (χ1n) is 14.4. The van der Waals surface area contributed by atoms with Crippen LogP contribution in [-0.4, -0.2) is 73.7 Å². The number of H-pyrrole nitrogens is 1. The summed E-state index contributed by atoms with van der Waals surface area (Å²) in [6.07, 6.45) is 10.3. The van der Waals surface area contributed by atoms with Gasteiger partial charge in [0.2, 0.25) is 0 Å². The third-order valence-electron chi connectivity index (χ3n) is 9.08. The summed E-state index contributed by atoms with van der Waals surface area (Å²) in [5.74, 6) is -0.990. The van der Waals surface area contributed by atoms with Gasteiger partial charge >= 0.3 is 11.8 Å². The fourth-order valence-corrected chi connectivity index (χ4v) is 6.52. The fraction of sp³-hybridized carbons (Fsp3) is 0.516. The maximum absolute atomic E-state index is 13.5. The number of nitrogens with one attached hydrogen (secondary N) is 2. The van der Waals surface area contributed by atoms with E-state index in [0.717, 1.165) is 42.2 Å². The summed E-state index contributed by atoms with van der Waals surface area (Å²) in [6.45, 7) is 11.7. The van der Waals surface area contributed by atoms with E-state index in [2.05, 4.69) is 67.1 Å². The van der Waals surface area contributed by atoms with E-state index in [9.17, 15) is 9.59 Å². The van der Waals surface area contributed by atoms with E-state index >= 15 is 0 Å². The van der Waals surface area contributed by atoms with Gasteiger partial charge in [-0.3, -0.25) is 29.6 Å². The molecule has 4 heterocycles. The van der Waals surface area contributed by atoms with E-state index in [1.165, 1.54) is 6.20 Å². The van der Waals surface area contributed by atoms with Crippen LogP contribution in [0.3, 0.4) is 0 Å². The van der Waals surface area contributed by atoms with Crippen LogP contribution in [0.2, 0.25) is 0 Å². The topological polar surface area (TPSA) is 133 Å². The quantitative estimate of drug-likeness (QED) is 0.245. The molecule has 2 saturated heterocycles. The summed E-state index contributed by atoms with van der Waals surface area (Å²) >= 11 is 0. The Balaban J connectivity index is 1.32. The number of rotatable bonds is 4. The number of aromatic nitrogens is 3. The van der Waals surface area contributed by atoms with Crippen LogP contribution in [0.1, 0.15) is 77.5 Å². The van der Waals surface area contributed by atoms with Gasteiger partial charge in [0.05, 0.1) is 35.7 Å². The molecular weight excluding hydrogens is 516 g/mol. The molecule has 5 rings (SSSR count). The highest BCUT2D eigenvalue weighted by molar-refractivity contribution is 6.40. The van der Waals surface area contributed by atoms with Gasteiger partial charge < -0.3 is 16.0 Å². The molecule has 2 aliphatic heterocycles. The van der Waals surface area contributed by atoms with Crippen molar-refractivity contribution >= 4 is 40.3 Å². The van der Waals surface area contributed by atoms with Gasteiger partial charge in [0.1, 0.15) is 0 Å². The number of fused-ring (bicyclic) bond motifs is 1. The molecule has 0 spiro atoms. The summed E-state index contributed by atoms with van der Waals surface area (Å²) < 4.78 is 0. The molecule has 2 aromatic heterocycles. The molecule has 0 radical (unpaired) electrons. The molecule has 218 valence electrons. The van der Waals surface area contributed by atoms with Crippen LogP contribution in [0.25, 0.3) is 10.9 Å². The first kappa shape index (κ1) is 28.7. The van der Waals surface area contributed by atoms with Crippen LogP contribution in [0.4, 0.5) is 11.4 Å². The standard InChI is InChI=1S/C31H42N8O2/c1-19-7-10-26(39(18-19)29(41)28(40)36-25-17-33-14-22-16-35-37-27(22)25)20-8-9-21(24(32)11-20)15-34-23-12-30(2,3)38(6)31(4,5)13-23/h8-9,11,14-17,19,23,26H,7,10,12-13,18,32H2,1-6H3,(H,35,37)(H,36,40)/t19-,26+/m0/s1. The zero-order valence-electron chi connectivity index (χ0n) is 24.9. The number of carbonyl (C=O) groups is 2. The van der Waals surface area contributed by atoms with Gasteiger partial charge in [-0.15, -0.1) is 0 Å². The third-order valence-corrected chi connectivity index (χ3v) is 9.08. The summed E-state index contributed by atoms with van der Waals surface area (Å²) in [4.78, 5) is 39.8. The molecule has 1 aromatic carbocycles. The highest BCUT2D eigenvalue weighted by atomic mass is 16.2. The van der Waals surface area contributed by atoms with Crippen molar-refractivity contribution in [3.63, 3.8) is 0 Å². The molecule has 0 aliphatic carbocycles. The number of nitrogens with zero attached hydrogens (tertiary/aromatic N) is 5. The molecular formula is C31H42N8O2. The number of nitrogens with two attached hydrogens (primary N) is 1. The molecule has 2 amide bonds.